The topological polar surface area (TPSA) is 76.2 Å². The van der Waals surface area contributed by atoms with Crippen LogP contribution in [0.1, 0.15) is 30.8 Å². The SMILES string of the molecule is CCCN(CC)CCNC(=O)c1c(N)cnn1C. The van der Waals surface area contributed by atoms with Crippen LogP contribution in [0, 0.1) is 0 Å². The molecule has 1 heterocycles. The molecule has 1 rings (SSSR count). The predicted octanol–water partition coefficient (Wildman–Crippen LogP) is 0.464. The number of anilines is 1. The van der Waals surface area contributed by atoms with E-state index in [0.717, 1.165) is 26.1 Å². The Bertz CT molecular complexity index is 368. The van der Waals surface area contributed by atoms with E-state index in [0.29, 0.717) is 17.9 Å². The number of hydrogen-bond acceptors (Lipinski definition) is 4. The second kappa shape index (κ2) is 7.00. The molecule has 6 heteroatoms. The summed E-state index contributed by atoms with van der Waals surface area (Å²) in [6.45, 7) is 7.80. The fourth-order valence-electron chi connectivity index (χ4n) is 1.89. The van der Waals surface area contributed by atoms with Crippen LogP contribution in [-0.4, -0.2) is 46.8 Å². The number of likely N-dealkylation sites (N-methyl/N-ethyl adjacent to an activating group) is 1. The van der Waals surface area contributed by atoms with E-state index in [-0.39, 0.29) is 5.91 Å². The maximum Gasteiger partial charge on any atom is 0.271 e. The predicted molar refractivity (Wildman–Crippen MR) is 72.4 cm³/mol. The van der Waals surface area contributed by atoms with Gasteiger partial charge in [0.2, 0.25) is 0 Å². The van der Waals surface area contributed by atoms with Gasteiger partial charge in [0.25, 0.3) is 5.91 Å². The third-order valence-corrected chi connectivity index (χ3v) is 2.88. The minimum absolute atomic E-state index is 0.167. The highest BCUT2D eigenvalue weighted by molar-refractivity contribution is 5.97. The Morgan fingerprint density at radius 3 is 2.72 bits per heavy atom. The molecule has 18 heavy (non-hydrogen) atoms. The van der Waals surface area contributed by atoms with Crippen molar-refractivity contribution in [3.05, 3.63) is 11.9 Å². The van der Waals surface area contributed by atoms with E-state index in [4.69, 9.17) is 5.73 Å². The number of nitrogens with one attached hydrogen (secondary N) is 1. The summed E-state index contributed by atoms with van der Waals surface area (Å²) in [5, 5.41) is 6.81. The van der Waals surface area contributed by atoms with Gasteiger partial charge in [0.05, 0.1) is 11.9 Å². The average Bonchev–Trinajstić information content (AvgIpc) is 2.67. The maximum absolute atomic E-state index is 11.9. The third-order valence-electron chi connectivity index (χ3n) is 2.88. The van der Waals surface area contributed by atoms with Gasteiger partial charge in [0.1, 0.15) is 5.69 Å². The fourth-order valence-corrected chi connectivity index (χ4v) is 1.89. The zero-order valence-electron chi connectivity index (χ0n) is 11.4. The molecule has 0 aromatic carbocycles. The van der Waals surface area contributed by atoms with Crippen molar-refractivity contribution in [1.29, 1.82) is 0 Å². The van der Waals surface area contributed by atoms with Crippen LogP contribution in [0.25, 0.3) is 0 Å². The molecule has 102 valence electrons. The van der Waals surface area contributed by atoms with Crippen LogP contribution >= 0.6 is 0 Å². The molecule has 0 spiro atoms. The van der Waals surface area contributed by atoms with Crippen molar-refractivity contribution in [2.75, 3.05) is 31.9 Å². The molecule has 0 radical (unpaired) electrons. The number of rotatable bonds is 7. The summed E-state index contributed by atoms with van der Waals surface area (Å²) in [6, 6.07) is 0. The van der Waals surface area contributed by atoms with E-state index in [1.807, 2.05) is 0 Å². The van der Waals surface area contributed by atoms with Crippen molar-refractivity contribution in [2.45, 2.75) is 20.3 Å². The third kappa shape index (κ3) is 3.73. The highest BCUT2D eigenvalue weighted by atomic mass is 16.2. The Balaban J connectivity index is 2.42. The first kappa shape index (κ1) is 14.5. The van der Waals surface area contributed by atoms with Gasteiger partial charge in [-0.15, -0.1) is 0 Å². The number of hydrogen-bond donors (Lipinski definition) is 2. The summed E-state index contributed by atoms with van der Waals surface area (Å²) in [4.78, 5) is 14.2. The van der Waals surface area contributed by atoms with Crippen molar-refractivity contribution >= 4 is 11.6 Å². The summed E-state index contributed by atoms with van der Waals surface area (Å²) in [6.07, 6.45) is 2.61. The van der Waals surface area contributed by atoms with Gasteiger partial charge in [-0.25, -0.2) is 0 Å². The molecule has 1 aromatic rings. The molecule has 1 amide bonds. The lowest BCUT2D eigenvalue weighted by Gasteiger charge is -2.19. The molecule has 0 saturated carbocycles. The number of nitrogens with two attached hydrogens (primary N) is 1. The van der Waals surface area contributed by atoms with Gasteiger partial charge >= 0.3 is 0 Å². The maximum atomic E-state index is 11.9. The molecule has 0 fully saturated rings. The number of aromatic nitrogens is 2. The Hall–Kier alpha value is -1.56. The Morgan fingerprint density at radius 2 is 2.22 bits per heavy atom. The molecular weight excluding hydrogens is 230 g/mol. The smallest absolute Gasteiger partial charge is 0.271 e. The molecule has 3 N–H and O–H groups in total. The van der Waals surface area contributed by atoms with Crippen molar-refractivity contribution in [2.24, 2.45) is 7.05 Å². The molecule has 0 aliphatic heterocycles. The summed E-state index contributed by atoms with van der Waals surface area (Å²) in [5.41, 5.74) is 6.53. The number of amides is 1. The summed E-state index contributed by atoms with van der Waals surface area (Å²) in [7, 11) is 1.71. The van der Waals surface area contributed by atoms with Gasteiger partial charge in [-0.1, -0.05) is 13.8 Å². The first-order valence-corrected chi connectivity index (χ1v) is 6.38. The van der Waals surface area contributed by atoms with Crippen LogP contribution in [0.3, 0.4) is 0 Å². The Morgan fingerprint density at radius 1 is 1.50 bits per heavy atom. The minimum Gasteiger partial charge on any atom is -0.396 e. The van der Waals surface area contributed by atoms with E-state index >= 15 is 0 Å². The van der Waals surface area contributed by atoms with E-state index in [9.17, 15) is 4.79 Å². The second-order valence-corrected chi connectivity index (χ2v) is 4.26. The Kier molecular flexibility index (Phi) is 5.64. The second-order valence-electron chi connectivity index (χ2n) is 4.26. The van der Waals surface area contributed by atoms with Gasteiger partial charge in [0.15, 0.2) is 0 Å². The van der Waals surface area contributed by atoms with Crippen LogP contribution < -0.4 is 11.1 Å². The highest BCUT2D eigenvalue weighted by Crippen LogP contribution is 2.08. The summed E-state index contributed by atoms with van der Waals surface area (Å²) < 4.78 is 1.49. The highest BCUT2D eigenvalue weighted by Gasteiger charge is 2.14. The van der Waals surface area contributed by atoms with Crippen molar-refractivity contribution in [3.8, 4) is 0 Å². The van der Waals surface area contributed by atoms with Crippen molar-refractivity contribution < 1.29 is 4.79 Å². The first-order chi connectivity index (χ1) is 8.60. The van der Waals surface area contributed by atoms with Gasteiger partial charge in [-0.2, -0.15) is 5.10 Å². The van der Waals surface area contributed by atoms with E-state index in [1.165, 1.54) is 10.9 Å². The standard InChI is InChI=1S/C12H23N5O/c1-4-7-17(5-2)8-6-14-12(18)11-10(13)9-15-16(11)3/h9H,4-8,13H2,1-3H3,(H,14,18). The fraction of sp³-hybridized carbons (Fsp3) is 0.667. The number of carbonyl (C=O) groups is 1. The lowest BCUT2D eigenvalue weighted by molar-refractivity contribution is 0.0940. The molecule has 6 nitrogen and oxygen atoms in total. The summed E-state index contributed by atoms with van der Waals surface area (Å²) >= 11 is 0. The lowest BCUT2D eigenvalue weighted by Crippen LogP contribution is -2.36. The summed E-state index contributed by atoms with van der Waals surface area (Å²) in [5.74, 6) is -0.167. The van der Waals surface area contributed by atoms with Crippen LogP contribution in [0.5, 0.6) is 0 Å². The van der Waals surface area contributed by atoms with Crippen molar-refractivity contribution in [1.82, 2.24) is 20.0 Å². The number of aryl methyl sites for hydroxylation is 1. The quantitative estimate of drug-likeness (QED) is 0.740. The molecule has 1 aromatic heterocycles. The molecule has 0 bridgehead atoms. The molecule has 0 aliphatic rings. The molecular formula is C12H23N5O. The number of carbonyl (C=O) groups excluding carboxylic acids is 1. The van der Waals surface area contributed by atoms with Gasteiger partial charge in [-0.3, -0.25) is 9.48 Å². The first-order valence-electron chi connectivity index (χ1n) is 6.38. The van der Waals surface area contributed by atoms with E-state index < -0.39 is 0 Å². The van der Waals surface area contributed by atoms with Crippen LogP contribution in [0.4, 0.5) is 5.69 Å². The zero-order chi connectivity index (χ0) is 13.5. The lowest BCUT2D eigenvalue weighted by atomic mass is 10.3. The zero-order valence-corrected chi connectivity index (χ0v) is 11.4. The number of nitrogen functional groups attached to an aromatic ring is 1. The molecule has 0 unspecified atom stereocenters. The van der Waals surface area contributed by atoms with Gasteiger partial charge < -0.3 is 16.0 Å². The molecule has 0 saturated heterocycles. The monoisotopic (exact) mass is 253 g/mol. The van der Waals surface area contributed by atoms with Crippen molar-refractivity contribution in [3.63, 3.8) is 0 Å². The normalized spacial score (nSPS) is 10.9. The largest absolute Gasteiger partial charge is 0.396 e. The number of nitrogens with zero attached hydrogens (tertiary/aromatic N) is 3. The van der Waals surface area contributed by atoms with Gasteiger partial charge in [0, 0.05) is 20.1 Å². The Labute approximate surface area is 108 Å². The molecule has 0 aliphatic carbocycles. The van der Waals surface area contributed by atoms with Crippen LogP contribution in [0.2, 0.25) is 0 Å². The van der Waals surface area contributed by atoms with E-state index in [1.54, 1.807) is 7.05 Å². The van der Waals surface area contributed by atoms with Gasteiger partial charge in [-0.05, 0) is 19.5 Å². The van der Waals surface area contributed by atoms with Crippen LogP contribution in [-0.2, 0) is 7.05 Å². The van der Waals surface area contributed by atoms with Crippen LogP contribution in [0.15, 0.2) is 6.20 Å². The van der Waals surface area contributed by atoms with E-state index in [2.05, 4.69) is 29.2 Å². The molecule has 0 atom stereocenters. The minimum atomic E-state index is -0.167. The average molecular weight is 253 g/mol.